The van der Waals surface area contributed by atoms with E-state index in [1.807, 2.05) is 25.1 Å². The van der Waals surface area contributed by atoms with Gasteiger partial charge >= 0.3 is 0 Å². The van der Waals surface area contributed by atoms with Gasteiger partial charge in [0, 0.05) is 25.3 Å². The van der Waals surface area contributed by atoms with Crippen molar-refractivity contribution in [3.8, 4) is 11.5 Å². The van der Waals surface area contributed by atoms with E-state index in [2.05, 4.69) is 5.32 Å². The number of methoxy groups -OCH3 is 1. The van der Waals surface area contributed by atoms with Gasteiger partial charge in [-0.3, -0.25) is 4.79 Å². The number of nitrogens with zero attached hydrogens (tertiary/aromatic N) is 1. The molecule has 1 amide bonds. The number of rotatable bonds is 8. The Morgan fingerprint density at radius 1 is 1.11 bits per heavy atom. The van der Waals surface area contributed by atoms with Gasteiger partial charge in [0.2, 0.25) is 15.9 Å². The van der Waals surface area contributed by atoms with Crippen LogP contribution in [0.15, 0.2) is 41.3 Å². The van der Waals surface area contributed by atoms with Crippen LogP contribution in [0.25, 0.3) is 0 Å². The fourth-order valence-electron chi connectivity index (χ4n) is 2.68. The van der Waals surface area contributed by atoms with Crippen LogP contribution >= 0.6 is 0 Å². The lowest BCUT2D eigenvalue weighted by molar-refractivity contribution is -0.115. The van der Waals surface area contributed by atoms with Gasteiger partial charge in [-0.2, -0.15) is 0 Å². The van der Waals surface area contributed by atoms with E-state index < -0.39 is 10.0 Å². The Kier molecular flexibility index (Phi) is 7.04. The predicted octanol–water partition coefficient (Wildman–Crippen LogP) is 2.83. The number of amides is 1. The van der Waals surface area contributed by atoms with Crippen LogP contribution in [0.3, 0.4) is 0 Å². The van der Waals surface area contributed by atoms with Gasteiger partial charge in [0.25, 0.3) is 0 Å². The predicted molar refractivity (Wildman–Crippen MR) is 109 cm³/mol. The first-order chi connectivity index (χ1) is 13.2. The molecule has 0 atom stereocenters. The van der Waals surface area contributed by atoms with Gasteiger partial charge in [0.15, 0.2) is 0 Å². The Balaban J connectivity index is 2.29. The van der Waals surface area contributed by atoms with Crippen LogP contribution in [0, 0.1) is 6.92 Å². The van der Waals surface area contributed by atoms with E-state index in [4.69, 9.17) is 9.47 Å². The van der Waals surface area contributed by atoms with Crippen molar-refractivity contribution in [2.45, 2.75) is 25.2 Å². The Hall–Kier alpha value is -2.58. The Morgan fingerprint density at radius 2 is 1.79 bits per heavy atom. The lowest BCUT2D eigenvalue weighted by Crippen LogP contribution is -2.23. The molecule has 0 aliphatic rings. The van der Waals surface area contributed by atoms with Crippen LogP contribution < -0.4 is 14.8 Å². The fourth-order valence-corrected chi connectivity index (χ4v) is 3.73. The summed E-state index contributed by atoms with van der Waals surface area (Å²) in [5, 5.41) is 2.75. The van der Waals surface area contributed by atoms with Crippen molar-refractivity contribution in [3.63, 3.8) is 0 Å². The lowest BCUT2D eigenvalue weighted by atomic mass is 10.1. The summed E-state index contributed by atoms with van der Waals surface area (Å²) in [4.78, 5) is 12.5. The van der Waals surface area contributed by atoms with Crippen molar-refractivity contribution in [2.75, 3.05) is 33.1 Å². The first-order valence-corrected chi connectivity index (χ1v) is 10.3. The van der Waals surface area contributed by atoms with E-state index in [-0.39, 0.29) is 23.0 Å². The molecule has 8 heteroatoms. The molecule has 0 aromatic heterocycles. The molecule has 0 aliphatic carbocycles. The zero-order valence-electron chi connectivity index (χ0n) is 16.8. The molecule has 0 unspecified atom stereocenters. The summed E-state index contributed by atoms with van der Waals surface area (Å²) >= 11 is 0. The molecule has 0 fully saturated rings. The summed E-state index contributed by atoms with van der Waals surface area (Å²) in [5.41, 5.74) is 2.15. The molecule has 0 radical (unpaired) electrons. The zero-order chi connectivity index (χ0) is 20.9. The molecule has 0 saturated carbocycles. The number of benzene rings is 2. The zero-order valence-corrected chi connectivity index (χ0v) is 17.6. The highest BCUT2D eigenvalue weighted by Gasteiger charge is 2.23. The van der Waals surface area contributed by atoms with Gasteiger partial charge in [0.05, 0.1) is 20.1 Å². The quantitative estimate of drug-likeness (QED) is 0.729. The van der Waals surface area contributed by atoms with Crippen molar-refractivity contribution in [1.82, 2.24) is 4.31 Å². The number of carbonyl (C=O) groups is 1. The average molecular weight is 407 g/mol. The first-order valence-electron chi connectivity index (χ1n) is 8.81. The lowest BCUT2D eigenvalue weighted by Gasteiger charge is -2.17. The Morgan fingerprint density at radius 3 is 2.39 bits per heavy atom. The van der Waals surface area contributed by atoms with Crippen LogP contribution in [-0.4, -0.2) is 46.4 Å². The molecule has 0 spiro atoms. The SMILES string of the molecule is CCOc1ccc(NC(=O)Cc2cc(C)ccc2OC)cc1S(=O)(=O)N(C)C. The second-order valence-corrected chi connectivity index (χ2v) is 8.54. The molecular weight excluding hydrogens is 380 g/mol. The van der Waals surface area contributed by atoms with Gasteiger partial charge in [0.1, 0.15) is 16.4 Å². The summed E-state index contributed by atoms with van der Waals surface area (Å²) in [6.07, 6.45) is 0.105. The maximum absolute atomic E-state index is 12.6. The molecule has 152 valence electrons. The van der Waals surface area contributed by atoms with Crippen molar-refractivity contribution in [1.29, 1.82) is 0 Å². The van der Waals surface area contributed by atoms with Gasteiger partial charge in [-0.15, -0.1) is 0 Å². The molecular formula is C20H26N2O5S. The highest BCUT2D eigenvalue weighted by molar-refractivity contribution is 7.89. The third-order valence-corrected chi connectivity index (χ3v) is 5.91. The molecule has 28 heavy (non-hydrogen) atoms. The number of anilines is 1. The minimum Gasteiger partial charge on any atom is -0.496 e. The maximum atomic E-state index is 12.6. The third kappa shape index (κ3) is 5.02. The topological polar surface area (TPSA) is 84.9 Å². The normalized spacial score (nSPS) is 11.4. The average Bonchev–Trinajstić information content (AvgIpc) is 2.63. The summed E-state index contributed by atoms with van der Waals surface area (Å²) < 4.78 is 37.0. The molecule has 0 bridgehead atoms. The van der Waals surface area contributed by atoms with Crippen LogP contribution in [-0.2, 0) is 21.2 Å². The molecule has 1 N–H and O–H groups in total. The minimum atomic E-state index is -3.73. The monoisotopic (exact) mass is 406 g/mol. The molecule has 2 aromatic carbocycles. The summed E-state index contributed by atoms with van der Waals surface area (Å²) in [5.74, 6) is 0.596. The van der Waals surface area contributed by atoms with E-state index >= 15 is 0 Å². The minimum absolute atomic E-state index is 0.00489. The summed E-state index contributed by atoms with van der Waals surface area (Å²) in [6, 6.07) is 10.2. The van der Waals surface area contributed by atoms with E-state index in [0.717, 1.165) is 15.4 Å². The second-order valence-electron chi connectivity index (χ2n) is 6.42. The molecule has 0 aliphatic heterocycles. The van der Waals surface area contributed by atoms with Crippen molar-refractivity contribution >= 4 is 21.6 Å². The molecule has 2 aromatic rings. The number of aryl methyl sites for hydroxylation is 1. The van der Waals surface area contributed by atoms with Crippen molar-refractivity contribution in [2.24, 2.45) is 0 Å². The van der Waals surface area contributed by atoms with E-state index in [1.165, 1.54) is 20.2 Å². The molecule has 7 nitrogen and oxygen atoms in total. The Bertz CT molecular complexity index is 955. The standard InChI is InChI=1S/C20H26N2O5S/c1-6-27-18-10-8-16(13-19(18)28(24,25)22(3)4)21-20(23)12-15-11-14(2)7-9-17(15)26-5/h7-11,13H,6,12H2,1-5H3,(H,21,23). The summed E-state index contributed by atoms with van der Waals surface area (Å²) in [7, 11) is 0.716. The molecule has 2 rings (SSSR count). The van der Waals surface area contributed by atoms with Crippen molar-refractivity contribution < 1.29 is 22.7 Å². The first kappa shape index (κ1) is 21.7. The van der Waals surface area contributed by atoms with Crippen molar-refractivity contribution in [3.05, 3.63) is 47.5 Å². The van der Waals surface area contributed by atoms with Crippen LogP contribution in [0.1, 0.15) is 18.1 Å². The number of nitrogens with one attached hydrogen (secondary N) is 1. The van der Waals surface area contributed by atoms with Crippen LogP contribution in [0.4, 0.5) is 5.69 Å². The number of hydrogen-bond donors (Lipinski definition) is 1. The van der Waals surface area contributed by atoms with Gasteiger partial charge in [-0.25, -0.2) is 12.7 Å². The van der Waals surface area contributed by atoms with Gasteiger partial charge in [-0.05, 0) is 38.1 Å². The smallest absolute Gasteiger partial charge is 0.246 e. The Labute approximate surface area is 166 Å². The van der Waals surface area contributed by atoms with Crippen LogP contribution in [0.2, 0.25) is 0 Å². The summed E-state index contributed by atoms with van der Waals surface area (Å²) in [6.45, 7) is 4.04. The second kappa shape index (κ2) is 9.07. The highest BCUT2D eigenvalue weighted by Crippen LogP contribution is 2.29. The largest absolute Gasteiger partial charge is 0.496 e. The third-order valence-electron chi connectivity index (χ3n) is 4.07. The number of carbonyl (C=O) groups excluding carboxylic acids is 1. The molecule has 0 heterocycles. The van der Waals surface area contributed by atoms with Gasteiger partial charge < -0.3 is 14.8 Å². The molecule has 0 saturated heterocycles. The van der Waals surface area contributed by atoms with Crippen LogP contribution in [0.5, 0.6) is 11.5 Å². The maximum Gasteiger partial charge on any atom is 0.246 e. The van der Waals surface area contributed by atoms with Gasteiger partial charge in [-0.1, -0.05) is 17.7 Å². The number of ether oxygens (including phenoxy) is 2. The van der Waals surface area contributed by atoms with E-state index in [1.54, 1.807) is 26.2 Å². The van der Waals surface area contributed by atoms with E-state index in [9.17, 15) is 13.2 Å². The highest BCUT2D eigenvalue weighted by atomic mass is 32.2. The fraction of sp³-hybridized carbons (Fsp3) is 0.350. The number of hydrogen-bond acceptors (Lipinski definition) is 5. The number of sulfonamides is 1. The van der Waals surface area contributed by atoms with E-state index in [0.29, 0.717) is 18.0 Å².